The SMILES string of the molecule is Cc1noc(C)c1S(=O)(=O)N1CCCC(C(=O)N2CCCc3cc(C(F)(F)F)ccc32)C1. The zero-order valence-corrected chi connectivity index (χ0v) is 18.6. The first-order valence-corrected chi connectivity index (χ1v) is 11.9. The molecule has 3 heterocycles. The number of halogens is 3. The number of anilines is 1. The monoisotopic (exact) mass is 471 g/mol. The molecule has 1 aromatic heterocycles. The number of rotatable bonds is 3. The molecule has 1 fully saturated rings. The Bertz CT molecular complexity index is 1120. The van der Waals surface area contributed by atoms with Crippen molar-refractivity contribution in [1.82, 2.24) is 9.46 Å². The minimum atomic E-state index is -4.45. The molecular weight excluding hydrogens is 447 g/mol. The lowest BCUT2D eigenvalue weighted by molar-refractivity contribution is -0.137. The van der Waals surface area contributed by atoms with Crippen LogP contribution in [0.3, 0.4) is 0 Å². The highest BCUT2D eigenvalue weighted by molar-refractivity contribution is 7.89. The summed E-state index contributed by atoms with van der Waals surface area (Å²) >= 11 is 0. The number of piperidine rings is 1. The second-order valence-electron chi connectivity index (χ2n) is 8.29. The third-order valence-electron chi connectivity index (χ3n) is 6.09. The fourth-order valence-corrected chi connectivity index (χ4v) is 6.37. The lowest BCUT2D eigenvalue weighted by atomic mass is 9.94. The molecule has 1 atom stereocenters. The van der Waals surface area contributed by atoms with Crippen molar-refractivity contribution in [3.63, 3.8) is 0 Å². The Morgan fingerprint density at radius 2 is 1.94 bits per heavy atom. The van der Waals surface area contributed by atoms with Gasteiger partial charge in [-0.25, -0.2) is 8.42 Å². The van der Waals surface area contributed by atoms with Gasteiger partial charge in [0.1, 0.15) is 10.6 Å². The van der Waals surface area contributed by atoms with Gasteiger partial charge in [-0.05, 0) is 63.3 Å². The first-order valence-electron chi connectivity index (χ1n) is 10.4. The van der Waals surface area contributed by atoms with Gasteiger partial charge in [0.25, 0.3) is 0 Å². The van der Waals surface area contributed by atoms with E-state index in [1.54, 1.807) is 6.92 Å². The van der Waals surface area contributed by atoms with E-state index in [1.807, 2.05) is 0 Å². The highest BCUT2D eigenvalue weighted by Gasteiger charge is 2.39. The predicted octanol–water partition coefficient (Wildman–Crippen LogP) is 3.69. The molecule has 0 spiro atoms. The Hall–Kier alpha value is -2.40. The predicted molar refractivity (Wildman–Crippen MR) is 110 cm³/mol. The Labute approximate surface area is 184 Å². The van der Waals surface area contributed by atoms with Gasteiger partial charge in [0.05, 0.1) is 11.5 Å². The van der Waals surface area contributed by atoms with Crippen LogP contribution in [0.4, 0.5) is 18.9 Å². The summed E-state index contributed by atoms with van der Waals surface area (Å²) in [7, 11) is -3.88. The molecule has 0 radical (unpaired) electrons. The summed E-state index contributed by atoms with van der Waals surface area (Å²) in [6, 6.07) is 3.43. The highest BCUT2D eigenvalue weighted by Crippen LogP contribution is 2.36. The van der Waals surface area contributed by atoms with E-state index in [2.05, 4.69) is 5.16 Å². The van der Waals surface area contributed by atoms with Crippen molar-refractivity contribution >= 4 is 21.6 Å². The van der Waals surface area contributed by atoms with Crippen LogP contribution in [0.15, 0.2) is 27.6 Å². The molecular formula is C21H24F3N3O4S. The number of fused-ring (bicyclic) bond motifs is 1. The molecule has 2 aliphatic heterocycles. The smallest absolute Gasteiger partial charge is 0.360 e. The van der Waals surface area contributed by atoms with Gasteiger partial charge in [0.15, 0.2) is 5.76 Å². The maximum atomic E-state index is 13.3. The average Bonchev–Trinajstić information content (AvgIpc) is 3.10. The fourth-order valence-electron chi connectivity index (χ4n) is 4.56. The Morgan fingerprint density at radius 3 is 2.59 bits per heavy atom. The molecule has 1 saturated heterocycles. The average molecular weight is 472 g/mol. The first-order chi connectivity index (χ1) is 15.0. The molecule has 1 unspecified atom stereocenters. The molecule has 1 amide bonds. The van der Waals surface area contributed by atoms with Gasteiger partial charge >= 0.3 is 6.18 Å². The second kappa shape index (κ2) is 8.18. The van der Waals surface area contributed by atoms with Crippen LogP contribution in [0.25, 0.3) is 0 Å². The summed E-state index contributed by atoms with van der Waals surface area (Å²) < 4.78 is 71.8. The minimum absolute atomic E-state index is 0.0116. The van der Waals surface area contributed by atoms with E-state index in [0.717, 1.165) is 12.1 Å². The second-order valence-corrected chi connectivity index (χ2v) is 10.2. The van der Waals surface area contributed by atoms with Crippen LogP contribution in [0.2, 0.25) is 0 Å². The molecule has 11 heteroatoms. The van der Waals surface area contributed by atoms with Crippen molar-refractivity contribution in [3.8, 4) is 0 Å². The van der Waals surface area contributed by atoms with Gasteiger partial charge in [-0.2, -0.15) is 17.5 Å². The standard InChI is InChI=1S/C21H24F3N3O4S/c1-13-19(14(2)31-25-13)32(29,30)26-9-3-6-16(12-26)20(28)27-10-4-5-15-11-17(21(22,23)24)7-8-18(15)27/h7-8,11,16H,3-6,9-10,12H2,1-2H3. The molecule has 2 aliphatic rings. The van der Waals surface area contributed by atoms with Crippen LogP contribution in [0.5, 0.6) is 0 Å². The van der Waals surface area contributed by atoms with Gasteiger partial charge in [0.2, 0.25) is 15.9 Å². The number of aromatic nitrogens is 1. The minimum Gasteiger partial charge on any atom is -0.360 e. The molecule has 0 saturated carbocycles. The topological polar surface area (TPSA) is 83.7 Å². The lowest BCUT2D eigenvalue weighted by Gasteiger charge is -2.36. The lowest BCUT2D eigenvalue weighted by Crippen LogP contribution is -2.48. The van der Waals surface area contributed by atoms with Gasteiger partial charge in [-0.3, -0.25) is 4.79 Å². The van der Waals surface area contributed by atoms with Gasteiger partial charge in [0, 0.05) is 25.3 Å². The maximum absolute atomic E-state index is 13.3. The third-order valence-corrected chi connectivity index (χ3v) is 8.20. The highest BCUT2D eigenvalue weighted by atomic mass is 32.2. The normalized spacial score (nSPS) is 20.3. The van der Waals surface area contributed by atoms with Crippen molar-refractivity contribution in [2.24, 2.45) is 5.92 Å². The van der Waals surface area contributed by atoms with E-state index in [4.69, 9.17) is 4.52 Å². The van der Waals surface area contributed by atoms with Crippen LogP contribution < -0.4 is 4.90 Å². The van der Waals surface area contributed by atoms with E-state index in [1.165, 1.54) is 22.2 Å². The number of benzene rings is 1. The molecule has 0 bridgehead atoms. The van der Waals surface area contributed by atoms with Crippen molar-refractivity contribution in [2.45, 2.75) is 50.6 Å². The van der Waals surface area contributed by atoms with Crippen molar-refractivity contribution < 1.29 is 30.9 Å². The summed E-state index contributed by atoms with van der Waals surface area (Å²) in [6.07, 6.45) is -2.42. The van der Waals surface area contributed by atoms with Crippen molar-refractivity contribution in [1.29, 1.82) is 0 Å². The maximum Gasteiger partial charge on any atom is 0.416 e. The quantitative estimate of drug-likeness (QED) is 0.682. The molecule has 174 valence electrons. The van der Waals surface area contributed by atoms with Gasteiger partial charge in [-0.1, -0.05) is 5.16 Å². The van der Waals surface area contributed by atoms with Crippen molar-refractivity contribution in [2.75, 3.05) is 24.5 Å². The largest absolute Gasteiger partial charge is 0.416 e. The molecule has 32 heavy (non-hydrogen) atoms. The van der Waals surface area contributed by atoms with Crippen LogP contribution in [-0.4, -0.2) is 43.4 Å². The molecule has 0 aliphatic carbocycles. The Balaban J connectivity index is 1.57. The number of alkyl halides is 3. The molecule has 1 aromatic carbocycles. The van der Waals surface area contributed by atoms with Crippen LogP contribution in [0, 0.1) is 19.8 Å². The molecule has 2 aromatic rings. The molecule has 7 nitrogen and oxygen atoms in total. The molecule has 0 N–H and O–H groups in total. The number of sulfonamides is 1. The number of aryl methyl sites for hydroxylation is 3. The van der Waals surface area contributed by atoms with Crippen LogP contribution >= 0.6 is 0 Å². The Kier molecular flexibility index (Phi) is 5.83. The first kappa shape index (κ1) is 22.8. The summed E-state index contributed by atoms with van der Waals surface area (Å²) in [5.74, 6) is -0.641. The van der Waals surface area contributed by atoms with Crippen LogP contribution in [0.1, 0.15) is 41.8 Å². The summed E-state index contributed by atoms with van der Waals surface area (Å²) in [5, 5.41) is 3.72. The number of amides is 1. The third kappa shape index (κ3) is 4.03. The van der Waals surface area contributed by atoms with Gasteiger partial charge in [-0.15, -0.1) is 0 Å². The van der Waals surface area contributed by atoms with Gasteiger partial charge < -0.3 is 9.42 Å². The molecule has 4 rings (SSSR count). The van der Waals surface area contributed by atoms with E-state index in [9.17, 15) is 26.4 Å². The number of carbonyl (C=O) groups is 1. The number of carbonyl (C=O) groups excluding carboxylic acids is 1. The van der Waals surface area contributed by atoms with E-state index >= 15 is 0 Å². The number of hydrogen-bond donors (Lipinski definition) is 0. The van der Waals surface area contributed by atoms with E-state index < -0.39 is 27.7 Å². The zero-order chi connectivity index (χ0) is 23.3. The Morgan fingerprint density at radius 1 is 1.19 bits per heavy atom. The number of nitrogens with zero attached hydrogens (tertiary/aromatic N) is 3. The van der Waals surface area contributed by atoms with Crippen LogP contribution in [-0.2, 0) is 27.4 Å². The fraction of sp³-hybridized carbons (Fsp3) is 0.524. The number of hydrogen-bond acceptors (Lipinski definition) is 5. The summed E-state index contributed by atoms with van der Waals surface area (Å²) in [5.41, 5.74) is 0.483. The van der Waals surface area contributed by atoms with Crippen molar-refractivity contribution in [3.05, 3.63) is 40.8 Å². The van der Waals surface area contributed by atoms with E-state index in [0.29, 0.717) is 43.5 Å². The van der Waals surface area contributed by atoms with E-state index in [-0.39, 0.29) is 35.3 Å². The summed E-state index contributed by atoms with van der Waals surface area (Å²) in [6.45, 7) is 3.76. The zero-order valence-electron chi connectivity index (χ0n) is 17.8. The summed E-state index contributed by atoms with van der Waals surface area (Å²) in [4.78, 5) is 14.9.